The summed E-state index contributed by atoms with van der Waals surface area (Å²) in [5, 5.41) is 8.44. The smallest absolute Gasteiger partial charge is 0.395 e. The SMILES string of the molecule is OC[C@H](I)C[C@](F)(OC(F)(F)C(F)(F)C(F)(F)F)C(F)(F)F. The number of hydrogen-bond donors (Lipinski definition) is 1. The Morgan fingerprint density at radius 1 is 0.818 bits per heavy atom. The van der Waals surface area contributed by atoms with Crippen molar-refractivity contribution in [3.05, 3.63) is 0 Å². The fraction of sp³-hybridized carbons (Fsp3) is 1.00. The van der Waals surface area contributed by atoms with Crippen LogP contribution in [-0.2, 0) is 4.74 Å². The van der Waals surface area contributed by atoms with Gasteiger partial charge in [-0.2, -0.15) is 43.9 Å². The highest BCUT2D eigenvalue weighted by molar-refractivity contribution is 14.1. The van der Waals surface area contributed by atoms with Crippen molar-refractivity contribution in [1.29, 1.82) is 0 Å². The van der Waals surface area contributed by atoms with Crippen LogP contribution >= 0.6 is 22.6 Å². The van der Waals surface area contributed by atoms with E-state index in [-0.39, 0.29) is 0 Å². The molecule has 0 aromatic carbocycles. The number of hydrogen-bond acceptors (Lipinski definition) is 2. The van der Waals surface area contributed by atoms with Crippen LogP contribution in [0.5, 0.6) is 0 Å². The van der Waals surface area contributed by atoms with E-state index in [0.29, 0.717) is 0 Å². The van der Waals surface area contributed by atoms with Crippen molar-refractivity contribution in [3.63, 3.8) is 0 Å². The van der Waals surface area contributed by atoms with Gasteiger partial charge in [0, 0.05) is 10.3 Å². The zero-order valence-electron chi connectivity index (χ0n) is 9.88. The summed E-state index contributed by atoms with van der Waals surface area (Å²) in [5.41, 5.74) is 0. The highest BCUT2D eigenvalue weighted by Crippen LogP contribution is 2.52. The molecule has 0 aromatic rings. The van der Waals surface area contributed by atoms with Crippen LogP contribution in [0.2, 0.25) is 0 Å². The zero-order chi connectivity index (χ0) is 18.2. The molecule has 0 unspecified atom stereocenters. The Hall–Kier alpha value is -0.120. The Kier molecular flexibility index (Phi) is 6.38. The Morgan fingerprint density at radius 2 is 1.23 bits per heavy atom. The van der Waals surface area contributed by atoms with Gasteiger partial charge in [0.2, 0.25) is 0 Å². The molecular formula is C8H6F11IO2. The van der Waals surface area contributed by atoms with Gasteiger partial charge in [-0.3, -0.25) is 4.74 Å². The highest BCUT2D eigenvalue weighted by Gasteiger charge is 2.78. The summed E-state index contributed by atoms with van der Waals surface area (Å²) in [7, 11) is 0. The topological polar surface area (TPSA) is 29.5 Å². The molecular weight excluding hydrogens is 464 g/mol. The van der Waals surface area contributed by atoms with Crippen LogP contribution in [0.25, 0.3) is 0 Å². The van der Waals surface area contributed by atoms with Gasteiger partial charge in [-0.05, 0) is 0 Å². The summed E-state index contributed by atoms with van der Waals surface area (Å²) in [4.78, 5) is 0. The molecule has 0 aliphatic carbocycles. The van der Waals surface area contributed by atoms with Crippen molar-refractivity contribution >= 4 is 22.6 Å². The maximum atomic E-state index is 13.5. The van der Waals surface area contributed by atoms with E-state index < -0.39 is 47.2 Å². The van der Waals surface area contributed by atoms with E-state index in [0.717, 1.165) is 22.6 Å². The van der Waals surface area contributed by atoms with Crippen molar-refractivity contribution in [3.8, 4) is 0 Å². The molecule has 0 saturated heterocycles. The van der Waals surface area contributed by atoms with Gasteiger partial charge in [0.05, 0.1) is 6.61 Å². The van der Waals surface area contributed by atoms with Crippen molar-refractivity contribution in [2.24, 2.45) is 0 Å². The first-order chi connectivity index (χ1) is 9.41. The zero-order valence-corrected chi connectivity index (χ0v) is 12.0. The predicted molar refractivity (Wildman–Crippen MR) is 56.4 cm³/mol. The van der Waals surface area contributed by atoms with Crippen LogP contribution < -0.4 is 0 Å². The van der Waals surface area contributed by atoms with E-state index in [1.54, 1.807) is 0 Å². The molecule has 2 nitrogen and oxygen atoms in total. The third-order valence-corrected chi connectivity index (χ3v) is 2.95. The third-order valence-electron chi connectivity index (χ3n) is 2.12. The lowest BCUT2D eigenvalue weighted by Crippen LogP contribution is -2.59. The minimum atomic E-state index is -7.07. The molecule has 22 heavy (non-hydrogen) atoms. The Balaban J connectivity index is 5.67. The molecule has 0 amide bonds. The van der Waals surface area contributed by atoms with Crippen molar-refractivity contribution in [1.82, 2.24) is 0 Å². The van der Waals surface area contributed by atoms with Crippen LogP contribution in [0.1, 0.15) is 6.42 Å². The van der Waals surface area contributed by atoms with E-state index in [1.165, 1.54) is 0 Å². The van der Waals surface area contributed by atoms with Gasteiger partial charge in [-0.1, -0.05) is 22.6 Å². The average molecular weight is 470 g/mol. The van der Waals surface area contributed by atoms with Crippen molar-refractivity contribution in [2.75, 3.05) is 6.61 Å². The highest BCUT2D eigenvalue weighted by atomic mass is 127. The van der Waals surface area contributed by atoms with Crippen LogP contribution in [0.4, 0.5) is 48.3 Å². The number of aliphatic hydroxyl groups excluding tert-OH is 1. The van der Waals surface area contributed by atoms with Gasteiger partial charge in [0.1, 0.15) is 0 Å². The lowest BCUT2D eigenvalue weighted by molar-refractivity contribution is -0.483. The molecule has 134 valence electrons. The molecule has 0 bridgehead atoms. The van der Waals surface area contributed by atoms with Gasteiger partial charge in [0.25, 0.3) is 0 Å². The first-order valence-electron chi connectivity index (χ1n) is 4.94. The van der Waals surface area contributed by atoms with Gasteiger partial charge in [-0.15, -0.1) is 0 Å². The lowest BCUT2D eigenvalue weighted by atomic mass is 10.1. The molecule has 0 aromatic heterocycles. The average Bonchev–Trinajstić information content (AvgIpc) is 2.24. The van der Waals surface area contributed by atoms with E-state index in [9.17, 15) is 48.3 Å². The molecule has 2 atom stereocenters. The number of rotatable bonds is 6. The summed E-state index contributed by atoms with van der Waals surface area (Å²) in [6.45, 7) is -1.20. The Morgan fingerprint density at radius 3 is 1.50 bits per heavy atom. The molecule has 0 rings (SSSR count). The van der Waals surface area contributed by atoms with Crippen LogP contribution in [0.3, 0.4) is 0 Å². The van der Waals surface area contributed by atoms with E-state index >= 15 is 0 Å². The number of ether oxygens (including phenoxy) is 1. The minimum absolute atomic E-state index is 0.935. The monoisotopic (exact) mass is 470 g/mol. The normalized spacial score (nSPS) is 19.0. The fourth-order valence-electron chi connectivity index (χ4n) is 0.997. The molecule has 14 heteroatoms. The summed E-state index contributed by atoms with van der Waals surface area (Å²) in [6.07, 6.45) is -22.3. The Labute approximate surface area is 128 Å². The quantitative estimate of drug-likeness (QED) is 0.359. The number of aliphatic hydroxyl groups is 1. The molecule has 0 aliphatic heterocycles. The summed E-state index contributed by atoms with van der Waals surface area (Å²) >= 11 is 0.935. The van der Waals surface area contributed by atoms with E-state index in [1.807, 2.05) is 0 Å². The predicted octanol–water partition coefficient (Wildman–Crippen LogP) is 4.21. The van der Waals surface area contributed by atoms with Crippen LogP contribution in [0.15, 0.2) is 0 Å². The van der Waals surface area contributed by atoms with Gasteiger partial charge in [-0.25, -0.2) is 4.39 Å². The van der Waals surface area contributed by atoms with Crippen LogP contribution in [-0.4, -0.2) is 45.9 Å². The molecule has 0 saturated carbocycles. The molecule has 0 radical (unpaired) electrons. The second-order valence-electron chi connectivity index (χ2n) is 3.90. The van der Waals surface area contributed by atoms with Crippen LogP contribution in [0, 0.1) is 0 Å². The third kappa shape index (κ3) is 4.46. The summed E-state index contributed by atoms with van der Waals surface area (Å²) < 4.78 is 137. The Bertz CT molecular complexity index is 379. The molecule has 1 N–H and O–H groups in total. The molecule has 0 heterocycles. The van der Waals surface area contributed by atoms with Crippen molar-refractivity contribution in [2.45, 2.75) is 40.6 Å². The lowest BCUT2D eigenvalue weighted by Gasteiger charge is -2.35. The van der Waals surface area contributed by atoms with Gasteiger partial charge in [0.15, 0.2) is 0 Å². The second-order valence-corrected chi connectivity index (χ2v) is 5.66. The minimum Gasteiger partial charge on any atom is -0.395 e. The maximum absolute atomic E-state index is 13.5. The maximum Gasteiger partial charge on any atom is 0.462 e. The van der Waals surface area contributed by atoms with Crippen molar-refractivity contribution < 1.29 is 58.1 Å². The molecule has 0 fully saturated rings. The molecule has 0 spiro atoms. The second kappa shape index (κ2) is 6.41. The van der Waals surface area contributed by atoms with Gasteiger partial charge < -0.3 is 5.11 Å². The molecule has 0 aliphatic rings. The number of halogens is 12. The first kappa shape index (κ1) is 21.9. The first-order valence-corrected chi connectivity index (χ1v) is 6.19. The van der Waals surface area contributed by atoms with E-state index in [2.05, 4.69) is 4.74 Å². The summed E-state index contributed by atoms with van der Waals surface area (Å²) in [6, 6.07) is 0. The number of alkyl halides is 12. The van der Waals surface area contributed by atoms with E-state index in [4.69, 9.17) is 5.11 Å². The van der Waals surface area contributed by atoms with Gasteiger partial charge >= 0.3 is 30.2 Å². The fourth-order valence-corrected chi connectivity index (χ4v) is 1.56. The summed E-state index contributed by atoms with van der Waals surface area (Å²) in [5.74, 6) is -12.6. The standard InChI is InChI=1S/C8H6F11IO2/c9-4(6(12,13)14,1-3(20)2-21)22-8(18,19)5(10,11)7(15,16)17/h3,21H,1-2H2/t3-,4+/m1/s1. The largest absolute Gasteiger partial charge is 0.462 e.